The van der Waals surface area contributed by atoms with E-state index in [1.54, 1.807) is 0 Å². The molecule has 1 atom stereocenters. The molecule has 0 fully saturated rings. The van der Waals surface area contributed by atoms with E-state index in [1.807, 2.05) is 25.2 Å². The van der Waals surface area contributed by atoms with E-state index >= 15 is 0 Å². The Kier molecular flexibility index (Phi) is 17.4. The van der Waals surface area contributed by atoms with Crippen molar-refractivity contribution >= 4 is 27.9 Å². The summed E-state index contributed by atoms with van der Waals surface area (Å²) in [6, 6.07) is 33.2. The number of benzene rings is 4. The number of aliphatic hydroxyl groups is 1. The van der Waals surface area contributed by atoms with Gasteiger partial charge in [0.2, 0.25) is 0 Å². The molecule has 0 saturated heterocycles. The third kappa shape index (κ3) is 14.0. The lowest BCUT2D eigenvalue weighted by Crippen LogP contribution is -2.33. The zero-order chi connectivity index (χ0) is 41.1. The van der Waals surface area contributed by atoms with Crippen LogP contribution in [-0.4, -0.2) is 104 Å². The Hall–Kier alpha value is -5.05. The Morgan fingerprint density at radius 2 is 1.42 bits per heavy atom. The summed E-state index contributed by atoms with van der Waals surface area (Å²) in [5, 5.41) is 22.1. The van der Waals surface area contributed by atoms with Crippen LogP contribution < -0.4 is 20.7 Å². The number of esters is 1. The number of hydrogen-bond acceptors (Lipinski definition) is 12. The molecule has 0 aliphatic rings. The van der Waals surface area contributed by atoms with Crippen LogP contribution in [-0.2, 0) is 36.7 Å². The summed E-state index contributed by atoms with van der Waals surface area (Å²) in [7, 11) is 3.30. The van der Waals surface area contributed by atoms with Crippen molar-refractivity contribution in [1.29, 1.82) is 0 Å². The second-order valence-corrected chi connectivity index (χ2v) is 14.3. The van der Waals surface area contributed by atoms with E-state index in [0.29, 0.717) is 58.3 Å². The van der Waals surface area contributed by atoms with Crippen molar-refractivity contribution < 1.29 is 42.4 Å². The first-order valence-electron chi connectivity index (χ1n) is 20.4. The average Bonchev–Trinajstić information content (AvgIpc) is 3.88. The number of rotatable bonds is 27. The van der Waals surface area contributed by atoms with Crippen LogP contribution in [0.5, 0.6) is 5.75 Å². The van der Waals surface area contributed by atoms with Crippen molar-refractivity contribution in [2.75, 3.05) is 86.6 Å². The number of carbonyl (C=O) groups excluding carboxylic acids is 1. The topological polar surface area (TPSA) is 146 Å². The van der Waals surface area contributed by atoms with Gasteiger partial charge in [0.05, 0.1) is 46.6 Å². The van der Waals surface area contributed by atoms with Gasteiger partial charge < -0.3 is 53.6 Å². The van der Waals surface area contributed by atoms with Crippen LogP contribution in [0.3, 0.4) is 0 Å². The fourth-order valence-corrected chi connectivity index (χ4v) is 6.51. The fourth-order valence-electron chi connectivity index (χ4n) is 6.51. The summed E-state index contributed by atoms with van der Waals surface area (Å²) in [5.74, 6) is 2.02. The normalized spacial score (nSPS) is 12.1. The smallest absolute Gasteiger partial charge is 0.307 e. The van der Waals surface area contributed by atoms with Crippen molar-refractivity contribution in [3.05, 3.63) is 114 Å². The van der Waals surface area contributed by atoms with Gasteiger partial charge in [-0.2, -0.15) is 0 Å². The standard InChI is InChI=1S/C47H57N3O9/c1-48-16-4-19-54-23-24-56-22-17-49-31-35-9-12-40-29-45(59-44(40)26-35)38-6-3-5-37(27-38)36-10-7-34(8-11-36)25-43-28-39-13-14-42(30-46(39)58-43)57-33-41(51)32-50-18-21-55-20-15-47(52)53-2/h3,5-14,26-30,41,48-51H,4,15-25,31-33H2,1-2H3. The molecule has 2 aromatic heterocycles. The van der Waals surface area contributed by atoms with Gasteiger partial charge in [-0.3, -0.25) is 4.79 Å². The first-order valence-corrected chi connectivity index (χ1v) is 20.4. The molecule has 0 aliphatic carbocycles. The quantitative estimate of drug-likeness (QED) is 0.0323. The maximum atomic E-state index is 11.1. The van der Waals surface area contributed by atoms with E-state index in [1.165, 1.54) is 7.11 Å². The van der Waals surface area contributed by atoms with E-state index in [2.05, 4.69) is 99.6 Å². The Morgan fingerprint density at radius 3 is 2.25 bits per heavy atom. The molecule has 0 spiro atoms. The Labute approximate surface area is 346 Å². The third-order valence-corrected chi connectivity index (χ3v) is 9.70. The van der Waals surface area contributed by atoms with Gasteiger partial charge in [-0.05, 0) is 78.7 Å². The highest BCUT2D eigenvalue weighted by Gasteiger charge is 2.12. The molecule has 2 heterocycles. The average molecular weight is 808 g/mol. The van der Waals surface area contributed by atoms with Gasteiger partial charge in [-0.15, -0.1) is 0 Å². The van der Waals surface area contributed by atoms with Crippen LogP contribution >= 0.6 is 0 Å². The van der Waals surface area contributed by atoms with Gasteiger partial charge in [0.25, 0.3) is 0 Å². The highest BCUT2D eigenvalue weighted by molar-refractivity contribution is 5.84. The summed E-state index contributed by atoms with van der Waals surface area (Å²) < 4.78 is 39.6. The van der Waals surface area contributed by atoms with Crippen LogP contribution in [0.25, 0.3) is 44.4 Å². The van der Waals surface area contributed by atoms with Gasteiger partial charge in [0.1, 0.15) is 41.1 Å². The predicted octanol–water partition coefficient (Wildman–Crippen LogP) is 6.75. The molecule has 0 radical (unpaired) electrons. The van der Waals surface area contributed by atoms with Gasteiger partial charge in [-0.25, -0.2) is 0 Å². The highest BCUT2D eigenvalue weighted by Crippen LogP contribution is 2.32. The van der Waals surface area contributed by atoms with E-state index in [-0.39, 0.29) is 19.0 Å². The first kappa shape index (κ1) is 43.5. The minimum absolute atomic E-state index is 0.133. The van der Waals surface area contributed by atoms with E-state index in [4.69, 9.17) is 27.8 Å². The second-order valence-electron chi connectivity index (χ2n) is 14.3. The highest BCUT2D eigenvalue weighted by atomic mass is 16.5. The molecule has 6 aromatic rings. The molecule has 1 unspecified atom stereocenters. The van der Waals surface area contributed by atoms with Gasteiger partial charge >= 0.3 is 5.97 Å². The number of hydrogen-bond donors (Lipinski definition) is 4. The number of aliphatic hydroxyl groups excluding tert-OH is 1. The minimum atomic E-state index is -0.697. The summed E-state index contributed by atoms with van der Waals surface area (Å²) in [6.07, 6.45) is 1.18. The number of nitrogens with one attached hydrogen (secondary N) is 3. The van der Waals surface area contributed by atoms with Crippen molar-refractivity contribution in [1.82, 2.24) is 16.0 Å². The molecule has 4 aromatic carbocycles. The fraction of sp³-hybridized carbons (Fsp3) is 0.383. The number of fused-ring (bicyclic) bond motifs is 2. The van der Waals surface area contributed by atoms with E-state index in [0.717, 1.165) is 93.9 Å². The number of carbonyl (C=O) groups is 1. The third-order valence-electron chi connectivity index (χ3n) is 9.70. The monoisotopic (exact) mass is 807 g/mol. The molecular formula is C47H57N3O9. The predicted molar refractivity (Wildman–Crippen MR) is 230 cm³/mol. The molecule has 0 saturated carbocycles. The maximum Gasteiger partial charge on any atom is 0.307 e. The molecule has 59 heavy (non-hydrogen) atoms. The Balaban J connectivity index is 0.942. The van der Waals surface area contributed by atoms with E-state index in [9.17, 15) is 9.90 Å². The zero-order valence-corrected chi connectivity index (χ0v) is 34.1. The largest absolute Gasteiger partial charge is 0.491 e. The summed E-state index contributed by atoms with van der Waals surface area (Å²) in [6.45, 7) is 6.86. The second kappa shape index (κ2) is 23.5. The number of furan rings is 2. The zero-order valence-electron chi connectivity index (χ0n) is 34.1. The van der Waals surface area contributed by atoms with Crippen molar-refractivity contribution in [3.8, 4) is 28.2 Å². The molecule has 0 bridgehead atoms. The molecule has 6 rings (SSSR count). The SMILES string of the molecule is CNCCCOCCOCCNCc1ccc2cc(-c3cccc(-c4ccc(Cc5cc6ccc(OCC(O)CNCCOCCC(=O)OC)cc6o5)cc4)c3)oc2c1. The van der Waals surface area contributed by atoms with Crippen molar-refractivity contribution in [3.63, 3.8) is 0 Å². The van der Waals surface area contributed by atoms with Gasteiger partial charge in [0, 0.05) is 61.6 Å². The van der Waals surface area contributed by atoms with Crippen LogP contribution in [0.15, 0.2) is 106 Å². The van der Waals surface area contributed by atoms with Gasteiger partial charge in [-0.1, -0.05) is 54.6 Å². The maximum absolute atomic E-state index is 11.1. The molecular weight excluding hydrogens is 751 g/mol. The van der Waals surface area contributed by atoms with E-state index < -0.39 is 6.10 Å². The first-order chi connectivity index (χ1) is 29.0. The lowest BCUT2D eigenvalue weighted by molar-refractivity contribution is -0.141. The summed E-state index contributed by atoms with van der Waals surface area (Å²) >= 11 is 0. The van der Waals surface area contributed by atoms with Crippen molar-refractivity contribution in [2.24, 2.45) is 0 Å². The van der Waals surface area contributed by atoms with Crippen LogP contribution in [0, 0.1) is 0 Å². The Morgan fingerprint density at radius 1 is 0.695 bits per heavy atom. The minimum Gasteiger partial charge on any atom is -0.491 e. The number of methoxy groups -OCH3 is 1. The lowest BCUT2D eigenvalue weighted by Gasteiger charge is -2.13. The summed E-state index contributed by atoms with van der Waals surface area (Å²) in [4.78, 5) is 11.1. The van der Waals surface area contributed by atoms with Crippen LogP contribution in [0.2, 0.25) is 0 Å². The number of ether oxygens (including phenoxy) is 5. The summed E-state index contributed by atoms with van der Waals surface area (Å²) in [5.41, 5.74) is 7.16. The molecule has 0 aliphatic heterocycles. The molecule has 0 amide bonds. The van der Waals surface area contributed by atoms with Gasteiger partial charge in [0.15, 0.2) is 0 Å². The Bertz CT molecular complexity index is 2160. The molecule has 12 nitrogen and oxygen atoms in total. The van der Waals surface area contributed by atoms with Crippen LogP contribution in [0.1, 0.15) is 29.7 Å². The molecule has 4 N–H and O–H groups in total. The molecule has 314 valence electrons. The van der Waals surface area contributed by atoms with Crippen LogP contribution in [0.4, 0.5) is 0 Å². The van der Waals surface area contributed by atoms with Crippen molar-refractivity contribution in [2.45, 2.75) is 31.9 Å². The molecule has 12 heteroatoms. The lowest BCUT2D eigenvalue weighted by atomic mass is 10.00.